The maximum absolute atomic E-state index is 12.2. The van der Waals surface area contributed by atoms with E-state index in [1.54, 1.807) is 0 Å². The van der Waals surface area contributed by atoms with E-state index in [1.165, 1.54) is 0 Å². The van der Waals surface area contributed by atoms with E-state index in [-0.39, 0.29) is 11.5 Å². The molecule has 66 heavy (non-hydrogen) atoms. The Morgan fingerprint density at radius 1 is 0.364 bits per heavy atom. The van der Waals surface area contributed by atoms with Crippen molar-refractivity contribution >= 4 is 43.6 Å². The van der Waals surface area contributed by atoms with E-state index in [1.807, 2.05) is 152 Å². The molecule has 336 valence electrons. The Hall–Kier alpha value is -7.44. The van der Waals surface area contributed by atoms with Crippen LogP contribution in [0.3, 0.4) is 0 Å². The number of aryl methyl sites for hydroxylation is 2. The van der Waals surface area contributed by atoms with Gasteiger partial charge in [-0.3, -0.25) is 0 Å². The molecule has 0 radical (unpaired) electrons. The normalized spacial score (nSPS) is 11.8. The molecule has 2 aromatic heterocycles. The van der Waals surface area contributed by atoms with Crippen LogP contribution >= 0.6 is 0 Å². The number of aromatic nitrogens is 2. The van der Waals surface area contributed by atoms with Crippen LogP contribution in [0.4, 0.5) is 0 Å². The fraction of sp³-hybridized carbons (Fsp3) is 0.200. The number of phenols is 2. The van der Waals surface area contributed by atoms with Gasteiger partial charge in [0.2, 0.25) is 0 Å². The lowest BCUT2D eigenvalue weighted by Gasteiger charge is -2.26. The van der Waals surface area contributed by atoms with E-state index >= 15 is 0 Å². The first-order valence-corrected chi connectivity index (χ1v) is 23.4. The van der Waals surface area contributed by atoms with Crippen molar-refractivity contribution in [3.05, 3.63) is 181 Å². The summed E-state index contributed by atoms with van der Waals surface area (Å²) in [7, 11) is 0. The van der Waals surface area contributed by atoms with Gasteiger partial charge in [0.05, 0.1) is 33.4 Å². The minimum atomic E-state index is -0.401. The van der Waals surface area contributed by atoms with E-state index in [0.29, 0.717) is 34.0 Å². The zero-order valence-electron chi connectivity index (χ0n) is 39.9. The smallest absolute Gasteiger partial charge is 0.147 e. The molecule has 10 aromatic rings. The quantitative estimate of drug-likeness (QED) is 0.152. The highest BCUT2D eigenvalue weighted by Crippen LogP contribution is 2.45. The third-order valence-electron chi connectivity index (χ3n) is 11.8. The Balaban J connectivity index is 0.00000104. The van der Waals surface area contributed by atoms with Crippen LogP contribution in [0.1, 0.15) is 66.5 Å². The topological polar surface area (TPSA) is 68.8 Å². The molecule has 0 bridgehead atoms. The molecule has 6 heteroatoms. The van der Waals surface area contributed by atoms with Crippen LogP contribution in [0.5, 0.6) is 23.0 Å². The average molecular weight is 875 g/mol. The van der Waals surface area contributed by atoms with Gasteiger partial charge in [0.25, 0.3) is 0 Å². The molecule has 2 atom stereocenters. The molecule has 2 N–H and O–H groups in total. The van der Waals surface area contributed by atoms with Crippen LogP contribution in [0, 0.1) is 13.8 Å². The van der Waals surface area contributed by atoms with Crippen molar-refractivity contribution < 1.29 is 19.7 Å². The zero-order valence-corrected chi connectivity index (χ0v) is 39.9. The summed E-state index contributed by atoms with van der Waals surface area (Å²) in [5.41, 5.74) is 10.5. The number of aromatic hydroxyl groups is 2. The molecule has 0 amide bonds. The first-order valence-electron chi connectivity index (χ1n) is 23.4. The van der Waals surface area contributed by atoms with Gasteiger partial charge >= 0.3 is 0 Å². The fourth-order valence-corrected chi connectivity index (χ4v) is 8.81. The van der Waals surface area contributed by atoms with E-state index in [4.69, 9.17) is 9.47 Å². The number of phenolic OH excluding ortho intramolecular Hbond substituents is 2. The lowest BCUT2D eigenvalue weighted by Crippen LogP contribution is -2.31. The van der Waals surface area contributed by atoms with Crippen LogP contribution in [0.25, 0.3) is 77.2 Å². The molecule has 0 aliphatic carbocycles. The summed E-state index contributed by atoms with van der Waals surface area (Å²) < 4.78 is 17.8. The van der Waals surface area contributed by atoms with Crippen molar-refractivity contribution in [2.24, 2.45) is 0 Å². The lowest BCUT2D eigenvalue weighted by atomic mass is 9.99. The predicted octanol–water partition coefficient (Wildman–Crippen LogP) is 16.6. The van der Waals surface area contributed by atoms with Crippen molar-refractivity contribution in [3.8, 4) is 56.6 Å². The van der Waals surface area contributed by atoms with Gasteiger partial charge in [-0.1, -0.05) is 151 Å². The number of nitrogens with zero attached hydrogens (tertiary/aromatic N) is 2. The van der Waals surface area contributed by atoms with Gasteiger partial charge in [0, 0.05) is 43.8 Å². The number of hydrogen-bond donors (Lipinski definition) is 2. The van der Waals surface area contributed by atoms with Crippen LogP contribution in [0.15, 0.2) is 170 Å². The van der Waals surface area contributed by atoms with Gasteiger partial charge in [-0.2, -0.15) is 0 Å². The molecular weight excluding hydrogens is 813 g/mol. The molecule has 8 aromatic carbocycles. The Morgan fingerprint density at radius 2 is 0.636 bits per heavy atom. The molecule has 2 heterocycles. The fourth-order valence-electron chi connectivity index (χ4n) is 8.81. The van der Waals surface area contributed by atoms with Crippen molar-refractivity contribution in [2.75, 3.05) is 0 Å². The zero-order chi connectivity index (χ0) is 47.1. The SMILES string of the molecule is CC.CC.CC.Cc1cc(-c2ccccc2OC(C)C(C)Oc2ccccc2-c2cc(C)cc(-n3c4ccccc4c4ccccc43)c2O)c(O)c(-n2c3ccccc3c3ccccc32)c1. The second-order valence-electron chi connectivity index (χ2n) is 15.7. The van der Waals surface area contributed by atoms with E-state index < -0.39 is 12.2 Å². The molecule has 0 saturated carbocycles. The van der Waals surface area contributed by atoms with E-state index in [2.05, 4.69) is 95.8 Å². The van der Waals surface area contributed by atoms with Gasteiger partial charge in [-0.05, 0) is 99.5 Å². The van der Waals surface area contributed by atoms with Crippen LogP contribution in [-0.2, 0) is 0 Å². The highest BCUT2D eigenvalue weighted by molar-refractivity contribution is 6.10. The minimum Gasteiger partial charge on any atom is -0.505 e. The van der Waals surface area contributed by atoms with Crippen molar-refractivity contribution in [1.82, 2.24) is 9.13 Å². The number of rotatable bonds is 9. The maximum atomic E-state index is 12.2. The molecule has 0 aliphatic rings. The lowest BCUT2D eigenvalue weighted by molar-refractivity contribution is 0.0787. The van der Waals surface area contributed by atoms with Gasteiger partial charge in [0.15, 0.2) is 0 Å². The summed E-state index contributed by atoms with van der Waals surface area (Å²) in [5.74, 6) is 1.62. The Morgan fingerprint density at radius 3 is 0.955 bits per heavy atom. The summed E-state index contributed by atoms with van der Waals surface area (Å²) in [6, 6.07) is 57.0. The molecule has 10 rings (SSSR count). The molecule has 0 aliphatic heterocycles. The summed E-state index contributed by atoms with van der Waals surface area (Å²) in [5, 5.41) is 28.8. The molecule has 2 unspecified atom stereocenters. The number of hydrogen-bond acceptors (Lipinski definition) is 4. The largest absolute Gasteiger partial charge is 0.505 e. The highest BCUT2D eigenvalue weighted by Gasteiger charge is 2.24. The first-order chi connectivity index (χ1) is 32.3. The maximum Gasteiger partial charge on any atom is 0.147 e. The van der Waals surface area contributed by atoms with Crippen LogP contribution < -0.4 is 9.47 Å². The summed E-state index contributed by atoms with van der Waals surface area (Å²) >= 11 is 0. The number of benzene rings is 8. The molecule has 0 fully saturated rings. The summed E-state index contributed by atoms with van der Waals surface area (Å²) in [4.78, 5) is 0. The summed E-state index contributed by atoms with van der Waals surface area (Å²) in [6.45, 7) is 20.1. The van der Waals surface area contributed by atoms with E-state index in [9.17, 15) is 10.2 Å². The van der Waals surface area contributed by atoms with Gasteiger partial charge < -0.3 is 28.8 Å². The predicted molar refractivity (Wildman–Crippen MR) is 279 cm³/mol. The minimum absolute atomic E-state index is 0.173. The highest BCUT2D eigenvalue weighted by atomic mass is 16.5. The third-order valence-corrected chi connectivity index (χ3v) is 11.8. The Labute approximate surface area is 389 Å². The standard InChI is InChI=1S/C54H44N2O4.3C2H6/c1-33-29-43(53(57)49(31-33)55-45-23-11-5-17-37(45)38-18-6-12-24-46(38)55)41-21-9-15-27-51(41)59-35(3)36(4)60-52-28-16-10-22-42(52)44-30-34(2)32-50(54(44)58)56-47-25-13-7-19-39(47)40-20-8-14-26-48(40)56;3*1-2/h5-32,35-36,57-58H,1-4H3;3*1-2H3. The van der Waals surface area contributed by atoms with Crippen molar-refractivity contribution in [2.45, 2.75) is 81.4 Å². The van der Waals surface area contributed by atoms with Crippen LogP contribution in [-0.4, -0.2) is 31.6 Å². The van der Waals surface area contributed by atoms with Crippen LogP contribution in [0.2, 0.25) is 0 Å². The second-order valence-corrected chi connectivity index (χ2v) is 15.7. The molecule has 0 spiro atoms. The Bertz CT molecular complexity index is 2940. The average Bonchev–Trinajstić information content (AvgIpc) is 3.88. The van der Waals surface area contributed by atoms with Gasteiger partial charge in [-0.15, -0.1) is 0 Å². The number of fused-ring (bicyclic) bond motifs is 6. The molecular formula is C60H62N2O4. The Kier molecular flexibility index (Phi) is 14.5. The van der Waals surface area contributed by atoms with Gasteiger partial charge in [-0.25, -0.2) is 0 Å². The number of ether oxygens (including phenoxy) is 2. The number of para-hydroxylation sites is 6. The third kappa shape index (κ3) is 8.59. The van der Waals surface area contributed by atoms with E-state index in [0.717, 1.165) is 65.9 Å². The first kappa shape index (κ1) is 46.5. The summed E-state index contributed by atoms with van der Waals surface area (Å²) in [6.07, 6.45) is -0.801. The second kappa shape index (κ2) is 20.6. The van der Waals surface area contributed by atoms with Gasteiger partial charge in [0.1, 0.15) is 35.2 Å². The van der Waals surface area contributed by atoms with Crippen molar-refractivity contribution in [1.29, 1.82) is 0 Å². The molecule has 0 saturated heterocycles. The monoisotopic (exact) mass is 874 g/mol. The van der Waals surface area contributed by atoms with Crippen molar-refractivity contribution in [3.63, 3.8) is 0 Å². The molecule has 6 nitrogen and oxygen atoms in total.